The van der Waals surface area contributed by atoms with Crippen LogP contribution in [0.25, 0.3) is 22.3 Å². The molecule has 2 heterocycles. The Morgan fingerprint density at radius 3 is 1.08 bits per heavy atom. The molecule has 2 aliphatic heterocycles. The van der Waals surface area contributed by atoms with Gasteiger partial charge in [-0.2, -0.15) is 0 Å². The van der Waals surface area contributed by atoms with Crippen molar-refractivity contribution in [3.05, 3.63) is 227 Å². The molecule has 8 aromatic rings. The van der Waals surface area contributed by atoms with E-state index in [1.165, 1.54) is 83.9 Å². The van der Waals surface area contributed by atoms with Crippen molar-refractivity contribution >= 4 is 34.1 Å². The summed E-state index contributed by atoms with van der Waals surface area (Å²) in [6.07, 6.45) is 0. The Labute approximate surface area is 375 Å². The van der Waals surface area contributed by atoms with Crippen molar-refractivity contribution in [1.82, 2.24) is 0 Å². The summed E-state index contributed by atoms with van der Waals surface area (Å²) in [5, 5.41) is 0. The van der Waals surface area contributed by atoms with Gasteiger partial charge in [0.1, 0.15) is 0 Å². The average molecular weight is 819 g/mol. The Balaban J connectivity index is 1.18. The summed E-state index contributed by atoms with van der Waals surface area (Å²) in [6.45, 7) is 20.9. The van der Waals surface area contributed by atoms with Crippen molar-refractivity contribution in [2.24, 2.45) is 0 Å². The van der Waals surface area contributed by atoms with Crippen molar-refractivity contribution in [1.29, 1.82) is 0 Å². The molecule has 0 N–H and O–H groups in total. The Morgan fingerprint density at radius 1 is 0.286 bits per heavy atom. The highest BCUT2D eigenvalue weighted by Gasteiger charge is 2.52. The van der Waals surface area contributed by atoms with Gasteiger partial charge in [0.15, 0.2) is 0 Å². The summed E-state index contributed by atoms with van der Waals surface area (Å²) in [6, 6.07) is 70.9. The normalized spacial score (nSPS) is 14.2. The van der Waals surface area contributed by atoms with Crippen LogP contribution in [0, 0.1) is 0 Å². The minimum absolute atomic E-state index is 0.0411. The Bertz CT molecular complexity index is 2910. The van der Waals surface area contributed by atoms with Gasteiger partial charge in [-0.05, 0) is 126 Å². The summed E-state index contributed by atoms with van der Waals surface area (Å²) in [5.74, 6) is 0. The number of anilines is 6. The molecule has 0 atom stereocenters. The molecule has 10 rings (SSSR count). The molecule has 0 saturated heterocycles. The summed E-state index contributed by atoms with van der Waals surface area (Å²) in [4.78, 5) is 4.99. The predicted molar refractivity (Wildman–Crippen MR) is 268 cm³/mol. The van der Waals surface area contributed by atoms with Gasteiger partial charge in [0, 0.05) is 11.4 Å². The van der Waals surface area contributed by atoms with Gasteiger partial charge in [0.2, 0.25) is 0 Å². The minimum Gasteiger partial charge on any atom is -0.310 e. The van der Waals surface area contributed by atoms with Crippen LogP contribution < -0.4 is 9.80 Å². The molecule has 0 bridgehead atoms. The second-order valence-corrected chi connectivity index (χ2v) is 20.7. The number of nitrogens with zero attached hydrogens (tertiary/aromatic N) is 2. The molecule has 0 fully saturated rings. The van der Waals surface area contributed by atoms with Crippen LogP contribution >= 0.6 is 0 Å². The van der Waals surface area contributed by atoms with Crippen molar-refractivity contribution in [2.75, 3.05) is 9.80 Å². The number of benzene rings is 8. The van der Waals surface area contributed by atoms with Crippen LogP contribution in [0.4, 0.5) is 34.1 Å². The second kappa shape index (κ2) is 14.7. The molecule has 0 amide bonds. The lowest BCUT2D eigenvalue weighted by Crippen LogP contribution is -2.42. The van der Waals surface area contributed by atoms with Gasteiger partial charge in [-0.3, -0.25) is 0 Å². The van der Waals surface area contributed by atoms with E-state index in [1.807, 2.05) is 0 Å². The number of hydrogen-bond donors (Lipinski definition) is 0. The van der Waals surface area contributed by atoms with E-state index < -0.39 is 5.41 Å². The van der Waals surface area contributed by atoms with E-state index in [-0.39, 0.29) is 16.2 Å². The molecule has 63 heavy (non-hydrogen) atoms. The molecule has 1 spiro atoms. The van der Waals surface area contributed by atoms with Gasteiger partial charge < -0.3 is 9.80 Å². The third-order valence-corrected chi connectivity index (χ3v) is 13.5. The third kappa shape index (κ3) is 6.70. The van der Waals surface area contributed by atoms with Crippen LogP contribution in [0.1, 0.15) is 101 Å². The van der Waals surface area contributed by atoms with Gasteiger partial charge in [0.05, 0.1) is 28.2 Å². The van der Waals surface area contributed by atoms with E-state index in [1.54, 1.807) is 0 Å². The number of rotatable bonds is 4. The van der Waals surface area contributed by atoms with E-state index in [2.05, 4.69) is 260 Å². The summed E-state index contributed by atoms with van der Waals surface area (Å²) in [5.41, 5.74) is 20.6. The first kappa shape index (κ1) is 40.4. The van der Waals surface area contributed by atoms with Gasteiger partial charge in [-0.1, -0.05) is 202 Å². The molecule has 0 aromatic heterocycles. The van der Waals surface area contributed by atoms with E-state index in [9.17, 15) is 0 Å². The molecule has 0 aliphatic carbocycles. The van der Waals surface area contributed by atoms with Crippen LogP contribution in [0.15, 0.2) is 188 Å². The fourth-order valence-corrected chi connectivity index (χ4v) is 10.0. The number of fused-ring (bicyclic) bond motifs is 8. The maximum Gasteiger partial charge on any atom is 0.0783 e. The highest BCUT2D eigenvalue weighted by molar-refractivity contribution is 5.97. The lowest BCUT2D eigenvalue weighted by molar-refractivity contribution is 0.569. The first-order chi connectivity index (χ1) is 30.1. The fraction of sp³-hybridized carbons (Fsp3) is 0.213. The monoisotopic (exact) mass is 818 g/mol. The first-order valence-corrected chi connectivity index (χ1v) is 22.6. The average Bonchev–Trinajstić information content (AvgIpc) is 3.28. The second-order valence-electron chi connectivity index (χ2n) is 20.7. The van der Waals surface area contributed by atoms with Crippen LogP contribution in [-0.2, 0) is 21.7 Å². The summed E-state index contributed by atoms with van der Waals surface area (Å²) >= 11 is 0. The van der Waals surface area contributed by atoms with E-state index >= 15 is 0 Å². The quantitative estimate of drug-likeness (QED) is 0.175. The maximum atomic E-state index is 2.52. The Hall–Kier alpha value is -6.64. The van der Waals surface area contributed by atoms with Gasteiger partial charge >= 0.3 is 0 Å². The number of hydrogen-bond acceptors (Lipinski definition) is 2. The zero-order valence-corrected chi connectivity index (χ0v) is 38.3. The first-order valence-electron chi connectivity index (χ1n) is 22.6. The third-order valence-electron chi connectivity index (χ3n) is 13.5. The molecule has 0 unspecified atom stereocenters. The molecule has 2 aliphatic rings. The van der Waals surface area contributed by atoms with Crippen molar-refractivity contribution in [3.8, 4) is 22.3 Å². The van der Waals surface area contributed by atoms with Crippen molar-refractivity contribution < 1.29 is 0 Å². The molecule has 312 valence electrons. The summed E-state index contributed by atoms with van der Waals surface area (Å²) in [7, 11) is 0. The molecule has 0 radical (unpaired) electrons. The zero-order chi connectivity index (χ0) is 43.9. The van der Waals surface area contributed by atoms with E-state index in [0.717, 1.165) is 11.4 Å². The molecule has 0 saturated carbocycles. The topological polar surface area (TPSA) is 6.48 Å². The predicted octanol–water partition coefficient (Wildman–Crippen LogP) is 16.9. The van der Waals surface area contributed by atoms with Crippen LogP contribution in [0.3, 0.4) is 0 Å². The molecule has 2 nitrogen and oxygen atoms in total. The number of para-hydroxylation sites is 3. The molecule has 8 aromatic carbocycles. The van der Waals surface area contributed by atoms with Crippen molar-refractivity contribution in [2.45, 2.75) is 84.0 Å². The molecule has 2 heteroatoms. The standard InChI is InChI=1S/C61H58N2/c1-58(2,3)45-31-36-57-53(40-45)61(50-21-13-16-24-54(50)62(55-25-17-14-22-51(55)61)48-32-27-42(28-33-48)41-19-11-10-12-20-41)52-23-15-18-26-56(52)63(57)49-34-29-43(30-35-49)44-37-46(59(4,5)6)39-47(38-44)60(7,8)9/h10-40H,1-9H3. The smallest absolute Gasteiger partial charge is 0.0783 e. The van der Waals surface area contributed by atoms with E-state index in [4.69, 9.17) is 0 Å². The molecular weight excluding hydrogens is 761 g/mol. The van der Waals surface area contributed by atoms with Crippen molar-refractivity contribution in [3.63, 3.8) is 0 Å². The largest absolute Gasteiger partial charge is 0.310 e. The Kier molecular flexibility index (Phi) is 9.46. The maximum absolute atomic E-state index is 2.52. The van der Waals surface area contributed by atoms with Crippen LogP contribution in [0.2, 0.25) is 0 Å². The summed E-state index contributed by atoms with van der Waals surface area (Å²) < 4.78 is 0. The SMILES string of the molecule is CC(C)(C)c1cc(-c2ccc(N3c4ccccc4C4(c5ccccc5N(c5ccc(-c6ccccc6)cc5)c5ccccc54)c4cc(C(C)(C)C)ccc43)cc2)cc(C(C)(C)C)c1. The van der Waals surface area contributed by atoms with Gasteiger partial charge in [-0.15, -0.1) is 0 Å². The van der Waals surface area contributed by atoms with Crippen LogP contribution in [0.5, 0.6) is 0 Å². The van der Waals surface area contributed by atoms with Crippen LogP contribution in [-0.4, -0.2) is 0 Å². The van der Waals surface area contributed by atoms with E-state index in [0.29, 0.717) is 0 Å². The van der Waals surface area contributed by atoms with Gasteiger partial charge in [0.25, 0.3) is 0 Å². The highest BCUT2D eigenvalue weighted by Crippen LogP contribution is 2.64. The minimum atomic E-state index is -0.603. The fourth-order valence-electron chi connectivity index (χ4n) is 10.0. The highest BCUT2D eigenvalue weighted by atomic mass is 15.2. The Morgan fingerprint density at radius 2 is 0.651 bits per heavy atom. The lowest BCUT2D eigenvalue weighted by atomic mass is 9.59. The van der Waals surface area contributed by atoms with Gasteiger partial charge in [-0.25, -0.2) is 0 Å². The lowest BCUT2D eigenvalue weighted by Gasteiger charge is -2.51. The zero-order valence-electron chi connectivity index (χ0n) is 38.3. The molecular formula is C61H58N2.